The summed E-state index contributed by atoms with van der Waals surface area (Å²) in [5.41, 5.74) is 0. The summed E-state index contributed by atoms with van der Waals surface area (Å²) in [5.74, 6) is 2.76. The summed E-state index contributed by atoms with van der Waals surface area (Å²) < 4.78 is 0. The van der Waals surface area contributed by atoms with Gasteiger partial charge in [-0.15, -0.1) is 0 Å². The third-order valence-electron chi connectivity index (χ3n) is 3.92. The third-order valence-corrected chi connectivity index (χ3v) is 5.72. The quantitative estimate of drug-likeness (QED) is 0.476. The third kappa shape index (κ3) is 4.46. The van der Waals surface area contributed by atoms with Crippen molar-refractivity contribution in [2.45, 2.75) is 70.5 Å². The summed E-state index contributed by atoms with van der Waals surface area (Å²) in [4.78, 5) is 0.748. The lowest BCUT2D eigenvalue weighted by molar-refractivity contribution is 0.374. The largest absolute Gasteiger partial charge is 0.0885 e. The maximum Gasteiger partial charge on any atom is 0.0197 e. The van der Waals surface area contributed by atoms with E-state index in [1.54, 1.807) is 0 Å². The highest BCUT2D eigenvalue weighted by Gasteiger charge is 2.25. The molecule has 1 aliphatic rings. The first-order chi connectivity index (χ1) is 7.15. The van der Waals surface area contributed by atoms with Gasteiger partial charge in [0.05, 0.1) is 0 Å². The second-order valence-electron chi connectivity index (χ2n) is 5.61. The van der Waals surface area contributed by atoms with Crippen LogP contribution in [0.25, 0.3) is 0 Å². The van der Waals surface area contributed by atoms with Crippen LogP contribution in [0.4, 0.5) is 0 Å². The molecule has 0 N–H and O–H groups in total. The molecule has 0 saturated heterocycles. The molecule has 15 heavy (non-hydrogen) atoms. The van der Waals surface area contributed by atoms with Crippen LogP contribution in [0.2, 0.25) is 0 Å². The van der Waals surface area contributed by atoms with Gasteiger partial charge in [0.2, 0.25) is 0 Å². The predicted molar refractivity (Wildman–Crippen MR) is 72.5 cm³/mol. The predicted octanol–water partition coefficient (Wildman–Crippen LogP) is 5.40. The maximum atomic E-state index is 3.90. The Morgan fingerprint density at radius 2 is 1.87 bits per heavy atom. The zero-order chi connectivity index (χ0) is 11.3. The van der Waals surface area contributed by atoms with Crippen molar-refractivity contribution < 1.29 is 0 Å². The summed E-state index contributed by atoms with van der Waals surface area (Å²) in [7, 11) is 0. The minimum Gasteiger partial charge on any atom is -0.0885 e. The summed E-state index contributed by atoms with van der Waals surface area (Å²) in [5, 5.41) is 0. The van der Waals surface area contributed by atoms with Gasteiger partial charge in [0.1, 0.15) is 0 Å². The molecule has 3 unspecified atom stereocenters. The Labute approximate surface area is 104 Å². The average Bonchev–Trinajstić information content (AvgIpc) is 2.43. The highest BCUT2D eigenvalue weighted by atomic mass is 79.9. The molecule has 0 amide bonds. The van der Waals surface area contributed by atoms with Crippen molar-refractivity contribution >= 4 is 15.9 Å². The van der Waals surface area contributed by atoms with Gasteiger partial charge in [0.15, 0.2) is 0 Å². The van der Waals surface area contributed by atoms with Crippen molar-refractivity contribution in [1.82, 2.24) is 0 Å². The number of halogens is 1. The van der Waals surface area contributed by atoms with Gasteiger partial charge < -0.3 is 0 Å². The molecule has 0 aromatic carbocycles. The van der Waals surface area contributed by atoms with Gasteiger partial charge in [-0.1, -0.05) is 68.8 Å². The molecule has 1 fully saturated rings. The zero-order valence-electron chi connectivity index (χ0n) is 10.6. The van der Waals surface area contributed by atoms with E-state index in [1.807, 2.05) is 0 Å². The highest BCUT2D eigenvalue weighted by Crippen LogP contribution is 2.36. The number of alkyl halides is 1. The summed E-state index contributed by atoms with van der Waals surface area (Å²) in [6, 6.07) is 0. The van der Waals surface area contributed by atoms with Gasteiger partial charge in [0.25, 0.3) is 0 Å². The van der Waals surface area contributed by atoms with Crippen LogP contribution in [0, 0.1) is 17.8 Å². The lowest BCUT2D eigenvalue weighted by Gasteiger charge is -2.24. The lowest BCUT2D eigenvalue weighted by atomic mass is 9.89. The first-order valence-corrected chi connectivity index (χ1v) is 7.70. The van der Waals surface area contributed by atoms with E-state index in [1.165, 1.54) is 44.9 Å². The summed E-state index contributed by atoms with van der Waals surface area (Å²) in [6.07, 6.45) is 10.2. The second kappa shape index (κ2) is 6.93. The van der Waals surface area contributed by atoms with E-state index in [0.29, 0.717) is 0 Å². The molecule has 1 saturated carbocycles. The van der Waals surface area contributed by atoms with Crippen molar-refractivity contribution in [3.63, 3.8) is 0 Å². The van der Waals surface area contributed by atoms with E-state index in [0.717, 1.165) is 22.6 Å². The Balaban J connectivity index is 2.38. The van der Waals surface area contributed by atoms with E-state index in [4.69, 9.17) is 0 Å². The Kier molecular flexibility index (Phi) is 6.26. The fraction of sp³-hybridized carbons (Fsp3) is 1.00. The molecule has 0 aliphatic heterocycles. The van der Waals surface area contributed by atoms with E-state index < -0.39 is 0 Å². The van der Waals surface area contributed by atoms with E-state index in [9.17, 15) is 0 Å². The zero-order valence-corrected chi connectivity index (χ0v) is 12.2. The van der Waals surface area contributed by atoms with Crippen molar-refractivity contribution in [1.29, 1.82) is 0 Å². The molecular weight excluding hydrogens is 248 g/mol. The van der Waals surface area contributed by atoms with Crippen LogP contribution in [0.15, 0.2) is 0 Å². The van der Waals surface area contributed by atoms with Crippen LogP contribution in [0.1, 0.15) is 65.7 Å². The topological polar surface area (TPSA) is 0 Å². The number of hydrogen-bond acceptors (Lipinski definition) is 0. The molecule has 0 nitrogen and oxygen atoms in total. The lowest BCUT2D eigenvalue weighted by Crippen LogP contribution is -2.19. The smallest absolute Gasteiger partial charge is 0.0197 e. The molecule has 0 bridgehead atoms. The molecule has 3 atom stereocenters. The van der Waals surface area contributed by atoms with Gasteiger partial charge in [-0.25, -0.2) is 0 Å². The van der Waals surface area contributed by atoms with E-state index >= 15 is 0 Å². The fourth-order valence-corrected chi connectivity index (χ4v) is 3.50. The summed E-state index contributed by atoms with van der Waals surface area (Å²) in [6.45, 7) is 7.01. The molecule has 1 aliphatic carbocycles. The minimum absolute atomic E-state index is 0.748. The number of rotatable bonds is 4. The highest BCUT2D eigenvalue weighted by molar-refractivity contribution is 9.09. The van der Waals surface area contributed by atoms with Crippen LogP contribution < -0.4 is 0 Å². The van der Waals surface area contributed by atoms with Crippen LogP contribution in [-0.4, -0.2) is 4.83 Å². The fourth-order valence-electron chi connectivity index (χ4n) is 2.97. The molecule has 0 aromatic heterocycles. The molecule has 0 spiro atoms. The van der Waals surface area contributed by atoms with Crippen molar-refractivity contribution in [3.8, 4) is 0 Å². The van der Waals surface area contributed by atoms with Crippen LogP contribution >= 0.6 is 15.9 Å². The Bertz CT molecular complexity index is 165. The monoisotopic (exact) mass is 274 g/mol. The Hall–Kier alpha value is 0.480. The minimum atomic E-state index is 0.748. The van der Waals surface area contributed by atoms with Gasteiger partial charge in [-0.2, -0.15) is 0 Å². The Morgan fingerprint density at radius 1 is 1.13 bits per heavy atom. The van der Waals surface area contributed by atoms with Crippen molar-refractivity contribution in [2.24, 2.45) is 17.8 Å². The van der Waals surface area contributed by atoms with E-state index in [2.05, 4.69) is 36.7 Å². The van der Waals surface area contributed by atoms with Crippen molar-refractivity contribution in [2.75, 3.05) is 0 Å². The molecule has 90 valence electrons. The standard InChI is InChI=1S/C14H27Br/c1-4-6-12-7-5-8-13(10-9-12)14(15)11(2)3/h11-14H,4-10H2,1-3H3. The van der Waals surface area contributed by atoms with Gasteiger partial charge in [-0.05, 0) is 30.6 Å². The van der Waals surface area contributed by atoms with Crippen LogP contribution in [-0.2, 0) is 0 Å². The first-order valence-electron chi connectivity index (χ1n) is 6.79. The van der Waals surface area contributed by atoms with Crippen molar-refractivity contribution in [3.05, 3.63) is 0 Å². The molecule has 0 aromatic rings. The summed E-state index contributed by atoms with van der Waals surface area (Å²) >= 11 is 3.90. The average molecular weight is 275 g/mol. The van der Waals surface area contributed by atoms with Gasteiger partial charge in [0, 0.05) is 4.83 Å². The number of hydrogen-bond donors (Lipinski definition) is 0. The van der Waals surface area contributed by atoms with E-state index in [-0.39, 0.29) is 0 Å². The molecule has 0 heterocycles. The second-order valence-corrected chi connectivity index (χ2v) is 6.67. The van der Waals surface area contributed by atoms with Crippen LogP contribution in [0.3, 0.4) is 0 Å². The molecule has 1 rings (SSSR count). The van der Waals surface area contributed by atoms with Crippen LogP contribution in [0.5, 0.6) is 0 Å². The SMILES string of the molecule is CCCC1CCCC(C(Br)C(C)C)CC1. The molecule has 1 heteroatoms. The molecular formula is C14H27Br. The Morgan fingerprint density at radius 3 is 2.47 bits per heavy atom. The van der Waals surface area contributed by atoms with Gasteiger partial charge >= 0.3 is 0 Å². The first kappa shape index (κ1) is 13.5. The maximum absolute atomic E-state index is 3.90. The van der Waals surface area contributed by atoms with Gasteiger partial charge in [-0.3, -0.25) is 0 Å². The normalized spacial score (nSPS) is 30.2. The molecule has 0 radical (unpaired) electrons.